The number of hydrogen-bond donors (Lipinski definition) is 0. The predicted molar refractivity (Wildman–Crippen MR) is 78.4 cm³/mol. The highest BCUT2D eigenvalue weighted by Crippen LogP contribution is 2.09. The van der Waals surface area contributed by atoms with E-state index in [0.29, 0.717) is 0 Å². The normalized spacial score (nSPS) is 10.4. The van der Waals surface area contributed by atoms with Crippen LogP contribution < -0.4 is 0 Å². The Bertz CT molecular complexity index is 535. The highest BCUT2D eigenvalue weighted by atomic mass is 32.1. The molecule has 0 fully saturated rings. The summed E-state index contributed by atoms with van der Waals surface area (Å²) in [6.45, 7) is 0. The van der Waals surface area contributed by atoms with Crippen LogP contribution in [0.3, 0.4) is 0 Å². The van der Waals surface area contributed by atoms with E-state index in [2.05, 4.69) is 15.5 Å². The molecule has 0 bridgehead atoms. The van der Waals surface area contributed by atoms with Crippen molar-refractivity contribution in [2.75, 3.05) is 14.1 Å². The van der Waals surface area contributed by atoms with E-state index in [1.54, 1.807) is 4.68 Å². The lowest BCUT2D eigenvalue weighted by molar-refractivity contribution is 0.607. The molecule has 0 amide bonds. The van der Waals surface area contributed by atoms with Crippen molar-refractivity contribution < 1.29 is 0 Å². The quantitative estimate of drug-likeness (QED) is 0.780. The molecule has 0 atom stereocenters. The smallest absolute Gasteiger partial charge is 0.156 e. The van der Waals surface area contributed by atoms with Crippen molar-refractivity contribution >= 4 is 17.2 Å². The van der Waals surface area contributed by atoms with Crippen molar-refractivity contribution in [3.8, 4) is 5.69 Å². The van der Waals surface area contributed by atoms with E-state index in [4.69, 9.17) is 12.2 Å². The molecule has 1 heterocycles. The van der Waals surface area contributed by atoms with Gasteiger partial charge in [-0.25, -0.2) is 0 Å². The summed E-state index contributed by atoms with van der Waals surface area (Å²) in [6.07, 6.45) is 2.64. The fourth-order valence-electron chi connectivity index (χ4n) is 1.75. The van der Waals surface area contributed by atoms with Crippen LogP contribution in [0, 0.1) is 0 Å². The van der Waals surface area contributed by atoms with E-state index in [9.17, 15) is 0 Å². The number of benzene rings is 1. The average molecular weight is 275 g/mol. The largest absolute Gasteiger partial charge is 0.372 e. The van der Waals surface area contributed by atoms with Gasteiger partial charge < -0.3 is 4.90 Å². The van der Waals surface area contributed by atoms with Crippen LogP contribution in [0.4, 0.5) is 0 Å². The first-order valence-corrected chi connectivity index (χ1v) is 6.62. The second-order valence-electron chi connectivity index (χ2n) is 4.48. The third-order valence-electron chi connectivity index (χ3n) is 2.82. The zero-order chi connectivity index (χ0) is 13.7. The van der Waals surface area contributed by atoms with Gasteiger partial charge in [0.25, 0.3) is 0 Å². The van der Waals surface area contributed by atoms with Gasteiger partial charge in [0, 0.05) is 20.5 Å². The maximum Gasteiger partial charge on any atom is 0.156 e. The van der Waals surface area contributed by atoms with Gasteiger partial charge in [0.15, 0.2) is 5.82 Å². The molecule has 0 unspecified atom stereocenters. The monoisotopic (exact) mass is 275 g/mol. The number of rotatable bonds is 5. The van der Waals surface area contributed by atoms with Crippen LogP contribution in [0.2, 0.25) is 0 Å². The molecule has 0 radical (unpaired) electrons. The van der Waals surface area contributed by atoms with Gasteiger partial charge in [-0.1, -0.05) is 30.4 Å². The van der Waals surface area contributed by atoms with E-state index in [1.807, 2.05) is 49.3 Å². The Kier molecular flexibility index (Phi) is 4.57. The summed E-state index contributed by atoms with van der Waals surface area (Å²) in [7, 11) is 3.94. The van der Waals surface area contributed by atoms with Crippen LogP contribution >= 0.6 is 12.2 Å². The predicted octanol–water partition coefficient (Wildman–Crippen LogP) is 1.87. The van der Waals surface area contributed by atoms with Crippen LogP contribution in [-0.2, 0) is 6.42 Å². The number of hydrogen-bond acceptors (Lipinski definition) is 4. The topological polar surface area (TPSA) is 46.8 Å². The number of aryl methyl sites for hydroxylation is 1. The summed E-state index contributed by atoms with van der Waals surface area (Å²) in [4.78, 5) is 2.92. The molecule has 0 spiro atoms. The third-order valence-corrected chi connectivity index (χ3v) is 3.39. The first kappa shape index (κ1) is 13.6. The van der Waals surface area contributed by atoms with Gasteiger partial charge in [-0.2, -0.15) is 4.68 Å². The second kappa shape index (κ2) is 6.38. The van der Waals surface area contributed by atoms with Gasteiger partial charge in [-0.05, 0) is 35.4 Å². The molecule has 100 valence electrons. The first-order valence-electron chi connectivity index (χ1n) is 6.21. The van der Waals surface area contributed by atoms with Crippen LogP contribution in [0.15, 0.2) is 30.3 Å². The van der Waals surface area contributed by atoms with Crippen LogP contribution in [0.25, 0.3) is 5.69 Å². The maximum absolute atomic E-state index is 5.27. The Morgan fingerprint density at radius 3 is 2.68 bits per heavy atom. The van der Waals surface area contributed by atoms with Crippen LogP contribution in [-0.4, -0.2) is 44.2 Å². The fraction of sp³-hybridized carbons (Fsp3) is 0.385. The van der Waals surface area contributed by atoms with E-state index >= 15 is 0 Å². The molecule has 0 aliphatic carbocycles. The molecule has 1 aromatic carbocycles. The lowest BCUT2D eigenvalue weighted by Crippen LogP contribution is -2.19. The zero-order valence-electron chi connectivity index (χ0n) is 11.2. The van der Waals surface area contributed by atoms with Gasteiger partial charge in [0.2, 0.25) is 0 Å². The third kappa shape index (κ3) is 3.57. The molecule has 0 saturated carbocycles. The summed E-state index contributed by atoms with van der Waals surface area (Å²) < 4.78 is 1.78. The number of nitrogens with zero attached hydrogens (tertiary/aromatic N) is 5. The Hall–Kier alpha value is -1.82. The van der Waals surface area contributed by atoms with Crippen molar-refractivity contribution in [2.45, 2.75) is 19.3 Å². The number of tetrazole rings is 1. The van der Waals surface area contributed by atoms with Crippen molar-refractivity contribution in [1.82, 2.24) is 25.1 Å². The van der Waals surface area contributed by atoms with Crippen molar-refractivity contribution in [2.24, 2.45) is 0 Å². The Balaban J connectivity index is 1.99. The molecule has 2 aromatic rings. The van der Waals surface area contributed by atoms with E-state index < -0.39 is 0 Å². The van der Waals surface area contributed by atoms with E-state index in [0.717, 1.165) is 35.8 Å². The molecule has 2 rings (SSSR count). The highest BCUT2D eigenvalue weighted by Gasteiger charge is 2.08. The Morgan fingerprint density at radius 2 is 2.00 bits per heavy atom. The van der Waals surface area contributed by atoms with Crippen molar-refractivity contribution in [3.05, 3.63) is 36.2 Å². The summed E-state index contributed by atoms with van der Waals surface area (Å²) in [5.41, 5.74) is 0.984. The number of para-hydroxylation sites is 1. The van der Waals surface area contributed by atoms with Gasteiger partial charge in [0.1, 0.15) is 0 Å². The molecular weight excluding hydrogens is 258 g/mol. The molecule has 6 heteroatoms. The molecule has 0 aliphatic heterocycles. The molecule has 0 N–H and O–H groups in total. The SMILES string of the molecule is CN(C)C(=S)CCCc1nnnn1-c1ccccc1. The summed E-state index contributed by atoms with van der Waals surface area (Å²) in [5, 5.41) is 11.9. The lowest BCUT2D eigenvalue weighted by atomic mass is 10.2. The summed E-state index contributed by atoms with van der Waals surface area (Å²) in [5.74, 6) is 0.868. The minimum Gasteiger partial charge on any atom is -0.372 e. The standard InChI is InChI=1S/C13H17N5S/c1-17(2)13(19)10-6-9-12-14-15-16-18(12)11-7-4-3-5-8-11/h3-5,7-8H,6,9-10H2,1-2H3. The van der Waals surface area contributed by atoms with Crippen LogP contribution in [0.1, 0.15) is 18.7 Å². The molecule has 0 saturated heterocycles. The minimum atomic E-state index is 0.815. The van der Waals surface area contributed by atoms with Gasteiger partial charge in [-0.15, -0.1) is 5.10 Å². The average Bonchev–Trinajstić information content (AvgIpc) is 2.88. The van der Waals surface area contributed by atoms with E-state index in [-0.39, 0.29) is 0 Å². The summed E-state index contributed by atoms with van der Waals surface area (Å²) in [6, 6.07) is 9.90. The first-order chi connectivity index (χ1) is 9.18. The molecule has 19 heavy (non-hydrogen) atoms. The van der Waals surface area contributed by atoms with E-state index in [1.165, 1.54) is 0 Å². The van der Waals surface area contributed by atoms with Gasteiger partial charge >= 0.3 is 0 Å². The van der Waals surface area contributed by atoms with Gasteiger partial charge in [0.05, 0.1) is 10.7 Å². The fourth-order valence-corrected chi connectivity index (χ4v) is 1.90. The molecular formula is C13H17N5S. The van der Waals surface area contributed by atoms with Gasteiger partial charge in [-0.3, -0.25) is 0 Å². The Labute approximate surface area is 118 Å². The molecule has 5 nitrogen and oxygen atoms in total. The summed E-state index contributed by atoms with van der Waals surface area (Å²) >= 11 is 5.27. The zero-order valence-corrected chi connectivity index (χ0v) is 12.0. The van der Waals surface area contributed by atoms with Crippen molar-refractivity contribution in [3.63, 3.8) is 0 Å². The Morgan fingerprint density at radius 1 is 1.26 bits per heavy atom. The lowest BCUT2D eigenvalue weighted by Gasteiger charge is -2.12. The van der Waals surface area contributed by atoms with Crippen molar-refractivity contribution in [1.29, 1.82) is 0 Å². The number of thiocarbonyl (C=S) groups is 1. The second-order valence-corrected chi connectivity index (χ2v) is 4.96. The maximum atomic E-state index is 5.27. The number of aromatic nitrogens is 4. The molecule has 1 aromatic heterocycles. The molecule has 0 aliphatic rings. The minimum absolute atomic E-state index is 0.815. The van der Waals surface area contributed by atoms with Crippen LogP contribution in [0.5, 0.6) is 0 Å². The highest BCUT2D eigenvalue weighted by molar-refractivity contribution is 7.80.